The Bertz CT molecular complexity index is 1160. The maximum Gasteiger partial charge on any atom is 0.243 e. The van der Waals surface area contributed by atoms with Gasteiger partial charge in [0.25, 0.3) is 0 Å². The molecule has 3 rings (SSSR count). The van der Waals surface area contributed by atoms with Crippen LogP contribution in [0.4, 0.5) is 5.69 Å². The van der Waals surface area contributed by atoms with Crippen molar-refractivity contribution in [2.24, 2.45) is 0 Å². The minimum atomic E-state index is -3.80. The van der Waals surface area contributed by atoms with Crippen LogP contribution in [0.15, 0.2) is 58.3 Å². The van der Waals surface area contributed by atoms with Crippen LogP contribution in [0.3, 0.4) is 0 Å². The van der Waals surface area contributed by atoms with Crippen molar-refractivity contribution in [2.75, 3.05) is 25.0 Å². The predicted molar refractivity (Wildman–Crippen MR) is 123 cm³/mol. The van der Waals surface area contributed by atoms with Crippen molar-refractivity contribution >= 4 is 31.6 Å². The Kier molecular flexibility index (Phi) is 7.39. The third kappa shape index (κ3) is 4.88. The van der Waals surface area contributed by atoms with Gasteiger partial charge in [-0.15, -0.1) is 0 Å². The molecule has 1 heterocycles. The van der Waals surface area contributed by atoms with Gasteiger partial charge < -0.3 is 5.32 Å². The molecule has 32 heavy (non-hydrogen) atoms. The van der Waals surface area contributed by atoms with E-state index >= 15 is 0 Å². The molecule has 1 saturated heterocycles. The van der Waals surface area contributed by atoms with Crippen molar-refractivity contribution in [3.8, 4) is 0 Å². The Hall–Kier alpha value is -2.27. The summed E-state index contributed by atoms with van der Waals surface area (Å²) >= 11 is 0. The first kappa shape index (κ1) is 24.4. The normalized spacial score (nSPS) is 17.6. The number of aryl methyl sites for hydroxylation is 1. The SMILES string of the molecule is CCN(CC)S(=O)(=O)c1ccc(NC(=O)C2CCCN2S(=O)(=O)c2ccc(C)cc2)cc1. The third-order valence-electron chi connectivity index (χ3n) is 5.60. The summed E-state index contributed by atoms with van der Waals surface area (Å²) in [5.74, 6) is -0.433. The van der Waals surface area contributed by atoms with Gasteiger partial charge in [-0.05, 0) is 56.2 Å². The fraction of sp³-hybridized carbons (Fsp3) is 0.409. The van der Waals surface area contributed by atoms with Crippen molar-refractivity contribution in [1.82, 2.24) is 8.61 Å². The molecule has 1 unspecified atom stereocenters. The van der Waals surface area contributed by atoms with Crippen molar-refractivity contribution in [2.45, 2.75) is 49.4 Å². The lowest BCUT2D eigenvalue weighted by molar-refractivity contribution is -0.119. The molecule has 0 aliphatic carbocycles. The van der Waals surface area contributed by atoms with Gasteiger partial charge in [-0.25, -0.2) is 16.8 Å². The summed E-state index contributed by atoms with van der Waals surface area (Å²) in [7, 11) is -7.39. The maximum atomic E-state index is 13.1. The van der Waals surface area contributed by atoms with E-state index in [-0.39, 0.29) is 16.3 Å². The fourth-order valence-electron chi connectivity index (χ4n) is 3.78. The van der Waals surface area contributed by atoms with Crippen molar-refractivity contribution in [1.29, 1.82) is 0 Å². The van der Waals surface area contributed by atoms with Crippen LogP contribution >= 0.6 is 0 Å². The van der Waals surface area contributed by atoms with Crippen LogP contribution in [0.2, 0.25) is 0 Å². The maximum absolute atomic E-state index is 13.1. The van der Waals surface area contributed by atoms with Gasteiger partial charge in [-0.2, -0.15) is 8.61 Å². The molecule has 1 fully saturated rings. The Labute approximate surface area is 190 Å². The van der Waals surface area contributed by atoms with E-state index in [0.29, 0.717) is 31.6 Å². The van der Waals surface area contributed by atoms with Gasteiger partial charge in [0.2, 0.25) is 26.0 Å². The molecule has 2 aromatic carbocycles. The number of nitrogens with zero attached hydrogens (tertiary/aromatic N) is 2. The van der Waals surface area contributed by atoms with Gasteiger partial charge >= 0.3 is 0 Å². The second kappa shape index (κ2) is 9.70. The predicted octanol–water partition coefficient (Wildman–Crippen LogP) is 2.82. The number of sulfonamides is 2. The second-order valence-corrected chi connectivity index (χ2v) is 11.5. The van der Waals surface area contributed by atoms with E-state index in [1.165, 1.54) is 32.9 Å². The average Bonchev–Trinajstić information content (AvgIpc) is 3.26. The van der Waals surface area contributed by atoms with Crippen molar-refractivity contribution < 1.29 is 21.6 Å². The summed E-state index contributed by atoms with van der Waals surface area (Å²) < 4.78 is 53.9. The molecule has 0 bridgehead atoms. The minimum absolute atomic E-state index is 0.142. The largest absolute Gasteiger partial charge is 0.325 e. The van der Waals surface area contributed by atoms with E-state index in [0.717, 1.165) is 5.56 Å². The first-order valence-corrected chi connectivity index (χ1v) is 13.5. The first-order chi connectivity index (χ1) is 15.1. The van der Waals surface area contributed by atoms with Crippen molar-refractivity contribution in [3.05, 3.63) is 54.1 Å². The summed E-state index contributed by atoms with van der Waals surface area (Å²) in [5, 5.41) is 2.73. The van der Waals surface area contributed by atoms with E-state index in [1.54, 1.807) is 38.1 Å². The molecular weight excluding hydrogens is 450 g/mol. The van der Waals surface area contributed by atoms with Crippen LogP contribution in [0.1, 0.15) is 32.3 Å². The number of benzene rings is 2. The molecule has 1 aliphatic rings. The summed E-state index contributed by atoms with van der Waals surface area (Å²) in [5.41, 5.74) is 1.36. The molecule has 8 nitrogen and oxygen atoms in total. The van der Waals surface area contributed by atoms with Gasteiger partial charge in [0.15, 0.2) is 0 Å². The zero-order valence-corrected chi connectivity index (χ0v) is 20.1. The molecule has 1 aliphatic heterocycles. The molecule has 174 valence electrons. The van der Waals surface area contributed by atoms with Crippen LogP contribution < -0.4 is 5.32 Å². The van der Waals surface area contributed by atoms with Crippen LogP contribution in [0.25, 0.3) is 0 Å². The van der Waals surface area contributed by atoms with Crippen LogP contribution in [0, 0.1) is 6.92 Å². The Morgan fingerprint density at radius 3 is 2.09 bits per heavy atom. The van der Waals surface area contributed by atoms with E-state index in [2.05, 4.69) is 5.32 Å². The molecule has 0 spiro atoms. The van der Waals surface area contributed by atoms with Gasteiger partial charge in [0.1, 0.15) is 6.04 Å². The highest BCUT2D eigenvalue weighted by Gasteiger charge is 2.39. The van der Waals surface area contributed by atoms with E-state index < -0.39 is 32.0 Å². The van der Waals surface area contributed by atoms with Crippen molar-refractivity contribution in [3.63, 3.8) is 0 Å². The quantitative estimate of drug-likeness (QED) is 0.627. The fourth-order valence-corrected chi connectivity index (χ4v) is 6.90. The highest BCUT2D eigenvalue weighted by molar-refractivity contribution is 7.89. The highest BCUT2D eigenvalue weighted by atomic mass is 32.2. The van der Waals surface area contributed by atoms with E-state index in [9.17, 15) is 21.6 Å². The lowest BCUT2D eigenvalue weighted by Crippen LogP contribution is -2.43. The number of hydrogen-bond donors (Lipinski definition) is 1. The monoisotopic (exact) mass is 479 g/mol. The van der Waals surface area contributed by atoms with Crippen LogP contribution in [-0.4, -0.2) is 57.0 Å². The smallest absolute Gasteiger partial charge is 0.243 e. The number of anilines is 1. The van der Waals surface area contributed by atoms with E-state index in [1.807, 2.05) is 6.92 Å². The lowest BCUT2D eigenvalue weighted by Gasteiger charge is -2.23. The molecule has 0 saturated carbocycles. The summed E-state index contributed by atoms with van der Waals surface area (Å²) in [6.45, 7) is 6.42. The summed E-state index contributed by atoms with van der Waals surface area (Å²) in [4.78, 5) is 13.2. The first-order valence-electron chi connectivity index (χ1n) is 10.6. The zero-order chi connectivity index (χ0) is 23.5. The minimum Gasteiger partial charge on any atom is -0.325 e. The van der Waals surface area contributed by atoms with Gasteiger partial charge in [-0.1, -0.05) is 31.5 Å². The number of amides is 1. The Morgan fingerprint density at radius 2 is 1.53 bits per heavy atom. The molecule has 10 heteroatoms. The molecule has 1 amide bonds. The lowest BCUT2D eigenvalue weighted by atomic mass is 10.2. The third-order valence-corrected chi connectivity index (χ3v) is 9.59. The highest BCUT2D eigenvalue weighted by Crippen LogP contribution is 2.27. The molecule has 2 aromatic rings. The Balaban J connectivity index is 1.76. The van der Waals surface area contributed by atoms with Crippen LogP contribution in [-0.2, 0) is 24.8 Å². The van der Waals surface area contributed by atoms with Gasteiger partial charge in [0.05, 0.1) is 9.79 Å². The number of rotatable bonds is 8. The van der Waals surface area contributed by atoms with Gasteiger partial charge in [0, 0.05) is 25.3 Å². The number of carbonyl (C=O) groups excluding carboxylic acids is 1. The van der Waals surface area contributed by atoms with E-state index in [4.69, 9.17) is 0 Å². The summed E-state index contributed by atoms with van der Waals surface area (Å²) in [6, 6.07) is 11.7. The Morgan fingerprint density at radius 1 is 0.969 bits per heavy atom. The molecule has 1 atom stereocenters. The molecular formula is C22H29N3O5S2. The number of nitrogens with one attached hydrogen (secondary N) is 1. The standard InChI is InChI=1S/C22H29N3O5S2/c1-4-24(5-2)31(27,28)19-14-10-18(11-15-19)23-22(26)21-7-6-16-25(21)32(29,30)20-12-8-17(3)9-13-20/h8-15,21H,4-7,16H2,1-3H3,(H,23,26). The molecule has 1 N–H and O–H groups in total. The summed E-state index contributed by atoms with van der Waals surface area (Å²) in [6.07, 6.45) is 1.01. The number of hydrogen-bond acceptors (Lipinski definition) is 5. The molecule has 0 aromatic heterocycles. The average molecular weight is 480 g/mol. The van der Waals surface area contributed by atoms with Crippen LogP contribution in [0.5, 0.6) is 0 Å². The topological polar surface area (TPSA) is 104 Å². The zero-order valence-electron chi connectivity index (χ0n) is 18.5. The van der Waals surface area contributed by atoms with Gasteiger partial charge in [-0.3, -0.25) is 4.79 Å². The molecule has 0 radical (unpaired) electrons. The number of carbonyl (C=O) groups is 1. The second-order valence-electron chi connectivity index (χ2n) is 7.69.